The van der Waals surface area contributed by atoms with Crippen LogP contribution in [0.2, 0.25) is 0 Å². The predicted octanol–water partition coefficient (Wildman–Crippen LogP) is 2.90. The SMILES string of the molecule is C1=CC2=CC3=c4ccccc4=NC3=C3C=CC=CC23C=C1. The highest BCUT2D eigenvalue weighted by Gasteiger charge is 2.39. The van der Waals surface area contributed by atoms with Gasteiger partial charge in [-0.3, -0.25) is 0 Å². The summed E-state index contributed by atoms with van der Waals surface area (Å²) in [6, 6.07) is 8.40. The monoisotopic (exact) mass is 267 g/mol. The number of para-hydroxylation sites is 1. The molecule has 0 fully saturated rings. The number of hydrogen-bond acceptors (Lipinski definition) is 1. The molecule has 1 unspecified atom stereocenters. The van der Waals surface area contributed by atoms with Gasteiger partial charge in [-0.05, 0) is 23.3 Å². The zero-order valence-corrected chi connectivity index (χ0v) is 11.5. The van der Waals surface area contributed by atoms with Crippen LogP contribution in [-0.2, 0) is 0 Å². The van der Waals surface area contributed by atoms with Gasteiger partial charge in [0.25, 0.3) is 0 Å². The minimum atomic E-state index is -0.131. The van der Waals surface area contributed by atoms with E-state index < -0.39 is 0 Å². The largest absolute Gasteiger partial charge is 0.247 e. The maximum Gasteiger partial charge on any atom is 0.0763 e. The van der Waals surface area contributed by atoms with Crippen LogP contribution in [0.1, 0.15) is 0 Å². The first-order valence-corrected chi connectivity index (χ1v) is 7.26. The molecule has 98 valence electrons. The highest BCUT2D eigenvalue weighted by atomic mass is 14.8. The van der Waals surface area contributed by atoms with Crippen molar-refractivity contribution in [3.63, 3.8) is 0 Å². The second kappa shape index (κ2) is 3.70. The molecule has 1 heteroatoms. The lowest BCUT2D eigenvalue weighted by molar-refractivity contribution is 0.712. The molecule has 1 heterocycles. The molecule has 0 radical (unpaired) electrons. The first-order valence-electron chi connectivity index (χ1n) is 7.26. The topological polar surface area (TPSA) is 12.4 Å². The van der Waals surface area contributed by atoms with Crippen molar-refractivity contribution >= 4 is 5.57 Å². The van der Waals surface area contributed by atoms with Crippen LogP contribution >= 0.6 is 0 Å². The van der Waals surface area contributed by atoms with Crippen molar-refractivity contribution in [1.29, 1.82) is 0 Å². The third-order valence-electron chi connectivity index (χ3n) is 4.64. The van der Waals surface area contributed by atoms with Gasteiger partial charge in [0.15, 0.2) is 0 Å². The van der Waals surface area contributed by atoms with Crippen LogP contribution in [0.25, 0.3) is 5.57 Å². The molecule has 0 saturated carbocycles. The molecular formula is C20H13N. The van der Waals surface area contributed by atoms with Gasteiger partial charge in [0, 0.05) is 10.8 Å². The van der Waals surface area contributed by atoms with Crippen molar-refractivity contribution in [2.75, 3.05) is 0 Å². The van der Waals surface area contributed by atoms with Crippen LogP contribution in [0.5, 0.6) is 0 Å². The normalized spacial score (nSPS) is 26.9. The Morgan fingerprint density at radius 1 is 0.857 bits per heavy atom. The first kappa shape index (κ1) is 11.0. The van der Waals surface area contributed by atoms with Crippen LogP contribution in [0.3, 0.4) is 0 Å². The molecule has 0 bridgehead atoms. The van der Waals surface area contributed by atoms with Gasteiger partial charge in [-0.1, -0.05) is 66.8 Å². The van der Waals surface area contributed by atoms with E-state index in [0.717, 1.165) is 11.1 Å². The first-order chi connectivity index (χ1) is 10.4. The molecular weight excluding hydrogens is 254 g/mol. The van der Waals surface area contributed by atoms with Crippen molar-refractivity contribution in [1.82, 2.24) is 0 Å². The van der Waals surface area contributed by atoms with Crippen LogP contribution in [-0.4, -0.2) is 0 Å². The van der Waals surface area contributed by atoms with Gasteiger partial charge in [-0.2, -0.15) is 0 Å². The van der Waals surface area contributed by atoms with Crippen molar-refractivity contribution in [2.24, 2.45) is 10.4 Å². The van der Waals surface area contributed by atoms with Gasteiger partial charge in [-0.15, -0.1) is 0 Å². The standard InChI is InChI=1S/C20H13N/c1-2-10-18-15(8-1)16-13-14-7-3-5-11-20(14)12-6-4-9-17(20)19(16)21-18/h1-13H. The molecule has 1 aromatic carbocycles. The average molecular weight is 267 g/mol. The van der Waals surface area contributed by atoms with E-state index in [1.54, 1.807) is 0 Å². The Balaban J connectivity index is 1.96. The minimum Gasteiger partial charge on any atom is -0.247 e. The molecule has 4 aliphatic rings. The summed E-state index contributed by atoms with van der Waals surface area (Å²) in [6.07, 6.45) is 19.8. The fourth-order valence-electron chi connectivity index (χ4n) is 3.64. The maximum atomic E-state index is 4.90. The van der Waals surface area contributed by atoms with Crippen molar-refractivity contribution < 1.29 is 0 Å². The smallest absolute Gasteiger partial charge is 0.0763 e. The van der Waals surface area contributed by atoms with Gasteiger partial charge in [-0.25, -0.2) is 4.99 Å². The van der Waals surface area contributed by atoms with E-state index in [4.69, 9.17) is 4.99 Å². The van der Waals surface area contributed by atoms with Crippen molar-refractivity contribution in [2.45, 2.75) is 0 Å². The number of rotatable bonds is 0. The summed E-state index contributed by atoms with van der Waals surface area (Å²) in [5.41, 5.74) is 4.86. The van der Waals surface area contributed by atoms with Gasteiger partial charge in [0.1, 0.15) is 0 Å². The Labute approximate surface area is 123 Å². The second-order valence-electron chi connectivity index (χ2n) is 5.71. The zero-order valence-electron chi connectivity index (χ0n) is 11.5. The van der Waals surface area contributed by atoms with E-state index in [0.29, 0.717) is 0 Å². The van der Waals surface area contributed by atoms with Gasteiger partial charge >= 0.3 is 0 Å². The summed E-state index contributed by atoms with van der Waals surface area (Å²) in [6.45, 7) is 0. The minimum absolute atomic E-state index is 0.131. The van der Waals surface area contributed by atoms with Gasteiger partial charge in [0.05, 0.1) is 16.5 Å². The highest BCUT2D eigenvalue weighted by Crippen LogP contribution is 2.50. The number of fused-ring (bicyclic) bond motifs is 2. The summed E-state index contributed by atoms with van der Waals surface area (Å²) in [5.74, 6) is 0. The Kier molecular flexibility index (Phi) is 1.95. The third-order valence-corrected chi connectivity index (χ3v) is 4.64. The number of allylic oxidation sites excluding steroid dienone is 11. The molecule has 0 amide bonds. The maximum absolute atomic E-state index is 4.90. The molecule has 0 N–H and O–H groups in total. The molecule has 1 nitrogen and oxygen atoms in total. The average Bonchev–Trinajstić information content (AvgIpc) is 2.91. The Morgan fingerprint density at radius 3 is 2.57 bits per heavy atom. The third kappa shape index (κ3) is 1.28. The lowest BCUT2D eigenvalue weighted by Gasteiger charge is -2.37. The Morgan fingerprint density at radius 2 is 1.67 bits per heavy atom. The fraction of sp³-hybridized carbons (Fsp3) is 0.0500. The predicted molar refractivity (Wildman–Crippen MR) is 84.7 cm³/mol. The molecule has 1 aromatic rings. The number of nitrogens with zero attached hydrogens (tertiary/aromatic N) is 1. The van der Waals surface area contributed by atoms with Crippen LogP contribution in [0, 0.1) is 5.41 Å². The molecule has 1 atom stereocenters. The van der Waals surface area contributed by atoms with E-state index in [9.17, 15) is 0 Å². The van der Waals surface area contributed by atoms with Crippen LogP contribution in [0.15, 0.2) is 101 Å². The van der Waals surface area contributed by atoms with Crippen molar-refractivity contribution in [3.05, 3.63) is 106 Å². The van der Waals surface area contributed by atoms with E-state index in [2.05, 4.69) is 78.9 Å². The summed E-state index contributed by atoms with van der Waals surface area (Å²) in [4.78, 5) is 4.90. The summed E-state index contributed by atoms with van der Waals surface area (Å²) >= 11 is 0. The van der Waals surface area contributed by atoms with Gasteiger partial charge in [0.2, 0.25) is 0 Å². The molecule has 0 saturated heterocycles. The van der Waals surface area contributed by atoms with E-state index in [1.807, 2.05) is 0 Å². The number of hydrogen-bond donors (Lipinski definition) is 0. The van der Waals surface area contributed by atoms with Gasteiger partial charge < -0.3 is 0 Å². The van der Waals surface area contributed by atoms with E-state index >= 15 is 0 Å². The Bertz CT molecular complexity index is 967. The van der Waals surface area contributed by atoms with Crippen LogP contribution in [0.4, 0.5) is 0 Å². The molecule has 0 aromatic heterocycles. The van der Waals surface area contributed by atoms with E-state index in [1.165, 1.54) is 21.9 Å². The molecule has 1 spiro atoms. The fourth-order valence-corrected chi connectivity index (χ4v) is 3.64. The number of benzene rings is 1. The second-order valence-corrected chi connectivity index (χ2v) is 5.71. The van der Waals surface area contributed by atoms with Crippen molar-refractivity contribution in [3.8, 4) is 0 Å². The lowest BCUT2D eigenvalue weighted by atomic mass is 9.65. The molecule has 1 aliphatic heterocycles. The summed E-state index contributed by atoms with van der Waals surface area (Å²) in [5, 5.41) is 2.32. The molecule has 21 heavy (non-hydrogen) atoms. The van der Waals surface area contributed by atoms with E-state index in [-0.39, 0.29) is 5.41 Å². The quantitative estimate of drug-likeness (QED) is 0.685. The molecule has 5 rings (SSSR count). The van der Waals surface area contributed by atoms with Crippen LogP contribution < -0.4 is 10.6 Å². The molecule has 3 aliphatic carbocycles. The lowest BCUT2D eigenvalue weighted by Crippen LogP contribution is -2.27. The highest BCUT2D eigenvalue weighted by molar-refractivity contribution is 5.83. The zero-order chi connectivity index (χ0) is 13.9. The Hall–Kier alpha value is -2.67. The summed E-state index contributed by atoms with van der Waals surface area (Å²) < 4.78 is 0. The summed E-state index contributed by atoms with van der Waals surface area (Å²) in [7, 11) is 0.